The third-order valence-electron chi connectivity index (χ3n) is 4.16. The summed E-state index contributed by atoms with van der Waals surface area (Å²) < 4.78 is 0. The van der Waals surface area contributed by atoms with Crippen molar-refractivity contribution in [2.45, 2.75) is 64.5 Å². The molecule has 1 heterocycles. The van der Waals surface area contributed by atoms with Gasteiger partial charge in [-0.25, -0.2) is 0 Å². The highest BCUT2D eigenvalue weighted by Crippen LogP contribution is 2.34. The van der Waals surface area contributed by atoms with Crippen LogP contribution in [0.3, 0.4) is 0 Å². The van der Waals surface area contributed by atoms with Crippen molar-refractivity contribution >= 4 is 35.1 Å². The summed E-state index contributed by atoms with van der Waals surface area (Å²) in [5, 5.41) is 18.3. The Morgan fingerprint density at radius 3 is 1.54 bits per heavy atom. The van der Waals surface area contributed by atoms with Gasteiger partial charge in [-0.05, 0) is 32.6 Å². The molecule has 0 aliphatic carbocycles. The van der Waals surface area contributed by atoms with E-state index in [1.165, 1.54) is 0 Å². The largest absolute Gasteiger partial charge is 0.481 e. The first-order valence-electron chi connectivity index (χ1n) is 8.36. The number of carboxylic acids is 2. The van der Waals surface area contributed by atoms with Gasteiger partial charge >= 0.3 is 11.9 Å². The Balaban J connectivity index is 2.34. The van der Waals surface area contributed by atoms with Gasteiger partial charge in [0, 0.05) is 25.9 Å². The lowest BCUT2D eigenvalue weighted by atomic mass is 10.2. The van der Waals surface area contributed by atoms with Crippen molar-refractivity contribution in [1.82, 2.24) is 9.80 Å². The van der Waals surface area contributed by atoms with Gasteiger partial charge in [-0.3, -0.25) is 9.59 Å². The van der Waals surface area contributed by atoms with Gasteiger partial charge in [0.15, 0.2) is 0 Å². The monoisotopic (exact) mass is 380 g/mol. The van der Waals surface area contributed by atoms with E-state index >= 15 is 0 Å². The van der Waals surface area contributed by atoms with E-state index < -0.39 is 11.9 Å². The Hall–Kier alpha value is -1.14. The van der Waals surface area contributed by atoms with Gasteiger partial charge in [-0.15, -0.1) is 0 Å². The second-order valence-electron chi connectivity index (χ2n) is 6.01. The van der Waals surface area contributed by atoms with Gasteiger partial charge in [0.1, 0.15) is 16.5 Å². The Labute approximate surface area is 153 Å². The van der Waals surface area contributed by atoms with E-state index in [1.54, 1.807) is 0 Å². The molecule has 0 bridgehead atoms. The van der Waals surface area contributed by atoms with Crippen LogP contribution in [0.15, 0.2) is 10.3 Å². The maximum atomic E-state index is 10.5. The lowest BCUT2D eigenvalue weighted by molar-refractivity contribution is -0.138. The fourth-order valence-corrected chi connectivity index (χ4v) is 3.44. The van der Waals surface area contributed by atoms with Crippen molar-refractivity contribution in [2.75, 3.05) is 13.1 Å². The predicted molar refractivity (Wildman–Crippen MR) is 93.8 cm³/mol. The van der Waals surface area contributed by atoms with Crippen LogP contribution in [0.1, 0.15) is 58.3 Å². The molecule has 138 valence electrons. The molecule has 0 unspecified atom stereocenters. The van der Waals surface area contributed by atoms with Gasteiger partial charge in [0.2, 0.25) is 0 Å². The molecule has 8 heteroatoms. The molecule has 1 aliphatic heterocycles. The minimum Gasteiger partial charge on any atom is -0.481 e. The summed E-state index contributed by atoms with van der Waals surface area (Å²) in [6.45, 7) is 3.52. The first kappa shape index (κ1) is 20.9. The smallest absolute Gasteiger partial charge is 0.303 e. The number of unbranched alkanes of at least 4 members (excludes halogenated alkanes) is 4. The number of hydrogen-bond donors (Lipinski definition) is 2. The molecular weight excluding hydrogens is 355 g/mol. The molecular formula is C16H26Cl2N2O4. The van der Waals surface area contributed by atoms with Crippen molar-refractivity contribution in [2.24, 2.45) is 0 Å². The van der Waals surface area contributed by atoms with Gasteiger partial charge in [-0.1, -0.05) is 36.0 Å². The van der Waals surface area contributed by atoms with E-state index in [0.29, 0.717) is 23.2 Å². The van der Waals surface area contributed by atoms with Crippen LogP contribution in [0.5, 0.6) is 0 Å². The van der Waals surface area contributed by atoms with E-state index in [4.69, 9.17) is 33.4 Å². The second-order valence-corrected chi connectivity index (χ2v) is 6.73. The van der Waals surface area contributed by atoms with E-state index in [9.17, 15) is 9.59 Å². The highest BCUT2D eigenvalue weighted by Gasteiger charge is 2.32. The van der Waals surface area contributed by atoms with Crippen LogP contribution in [0.4, 0.5) is 0 Å². The summed E-state index contributed by atoms with van der Waals surface area (Å²) in [7, 11) is 0. The topological polar surface area (TPSA) is 81.1 Å². The molecule has 0 amide bonds. The summed E-state index contributed by atoms with van der Waals surface area (Å²) >= 11 is 12.6. The average Bonchev–Trinajstić information content (AvgIpc) is 2.70. The normalized spacial score (nSPS) is 15.5. The third kappa shape index (κ3) is 6.77. The molecule has 0 radical (unpaired) electrons. The first-order chi connectivity index (χ1) is 11.3. The molecule has 0 aromatic heterocycles. The van der Waals surface area contributed by atoms with Crippen LogP contribution < -0.4 is 0 Å². The molecule has 0 spiro atoms. The fraction of sp³-hybridized carbons (Fsp3) is 0.750. The fourth-order valence-electron chi connectivity index (χ4n) is 2.77. The molecule has 24 heavy (non-hydrogen) atoms. The van der Waals surface area contributed by atoms with Crippen molar-refractivity contribution in [1.29, 1.82) is 0 Å². The number of rotatable bonds is 12. The van der Waals surface area contributed by atoms with Crippen LogP contribution in [0, 0.1) is 0 Å². The van der Waals surface area contributed by atoms with Crippen LogP contribution in [-0.2, 0) is 9.59 Å². The summed E-state index contributed by atoms with van der Waals surface area (Å²) in [5.41, 5.74) is 0. The van der Waals surface area contributed by atoms with Crippen LogP contribution in [0.25, 0.3) is 0 Å². The van der Waals surface area contributed by atoms with Gasteiger partial charge in [-0.2, -0.15) is 0 Å². The zero-order valence-corrected chi connectivity index (χ0v) is 15.5. The number of aliphatic carboxylic acids is 2. The maximum absolute atomic E-state index is 10.5. The van der Waals surface area contributed by atoms with Crippen molar-refractivity contribution in [3.63, 3.8) is 0 Å². The van der Waals surface area contributed by atoms with Crippen molar-refractivity contribution < 1.29 is 19.8 Å². The lowest BCUT2D eigenvalue weighted by Gasteiger charge is -2.30. The first-order valence-corrected chi connectivity index (χ1v) is 9.12. The number of halogens is 2. The molecule has 1 aliphatic rings. The lowest BCUT2D eigenvalue weighted by Crippen LogP contribution is -2.38. The van der Waals surface area contributed by atoms with E-state index in [2.05, 4.69) is 0 Å². The molecule has 0 fully saturated rings. The molecule has 0 aromatic rings. The molecule has 6 nitrogen and oxygen atoms in total. The number of hydrogen-bond acceptors (Lipinski definition) is 4. The molecule has 0 atom stereocenters. The second kappa shape index (κ2) is 10.7. The molecule has 0 saturated carbocycles. The summed E-state index contributed by atoms with van der Waals surface area (Å²) in [6.07, 6.45) is 5.20. The zero-order chi connectivity index (χ0) is 18.1. The number of carbonyl (C=O) groups is 2. The molecule has 0 saturated heterocycles. The van der Waals surface area contributed by atoms with E-state index in [0.717, 1.165) is 38.8 Å². The number of carboxylic acid groups (broad SMARTS) is 2. The summed E-state index contributed by atoms with van der Waals surface area (Å²) in [5.74, 6) is -1.53. The standard InChI is InChI=1S/C16H26Cl2N2O4/c1-12-19(10-6-2-4-8-13(21)22)15(17)16(18)20(12)11-7-3-5-9-14(23)24/h12H,2-11H2,1H3,(H,21,22)(H,23,24). The molecule has 1 rings (SSSR count). The minimum absolute atomic E-state index is 0.0592. The molecule has 2 N–H and O–H groups in total. The van der Waals surface area contributed by atoms with E-state index in [-0.39, 0.29) is 19.0 Å². The quantitative estimate of drug-likeness (QED) is 0.395. The SMILES string of the molecule is CC1N(CCCCCC(=O)O)C(Cl)=C(Cl)N1CCCCCC(=O)O. The predicted octanol–water partition coefficient (Wildman–Crippen LogP) is 3.84. The Morgan fingerprint density at radius 2 is 1.21 bits per heavy atom. The zero-order valence-electron chi connectivity index (χ0n) is 14.0. The highest BCUT2D eigenvalue weighted by molar-refractivity contribution is 6.39. The average molecular weight is 381 g/mol. The maximum Gasteiger partial charge on any atom is 0.303 e. The van der Waals surface area contributed by atoms with Gasteiger partial charge < -0.3 is 20.0 Å². The Bertz CT molecular complexity index is 431. The van der Waals surface area contributed by atoms with Gasteiger partial charge in [0.05, 0.1) is 0 Å². The molecule has 0 aromatic carbocycles. The van der Waals surface area contributed by atoms with Crippen LogP contribution >= 0.6 is 23.2 Å². The minimum atomic E-state index is -0.764. The van der Waals surface area contributed by atoms with Crippen LogP contribution in [-0.4, -0.2) is 51.2 Å². The van der Waals surface area contributed by atoms with E-state index in [1.807, 2.05) is 16.7 Å². The van der Waals surface area contributed by atoms with Gasteiger partial charge in [0.25, 0.3) is 0 Å². The van der Waals surface area contributed by atoms with Crippen molar-refractivity contribution in [3.05, 3.63) is 10.3 Å². The summed E-state index contributed by atoms with van der Waals surface area (Å²) in [6, 6.07) is 0. The highest BCUT2D eigenvalue weighted by atomic mass is 35.5. The van der Waals surface area contributed by atoms with Crippen LogP contribution in [0.2, 0.25) is 0 Å². The summed E-state index contributed by atoms with van der Waals surface area (Å²) in [4.78, 5) is 25.1. The van der Waals surface area contributed by atoms with Crippen molar-refractivity contribution in [3.8, 4) is 0 Å². The Morgan fingerprint density at radius 1 is 0.833 bits per heavy atom. The number of nitrogens with zero attached hydrogens (tertiary/aromatic N) is 2. The third-order valence-corrected chi connectivity index (χ3v) is 5.04. The Kier molecular flexibility index (Phi) is 9.29.